The van der Waals surface area contributed by atoms with Crippen molar-refractivity contribution in [3.8, 4) is 0 Å². The van der Waals surface area contributed by atoms with E-state index in [2.05, 4.69) is 0 Å². The molecule has 0 aliphatic carbocycles. The Hall–Kier alpha value is -0.930. The van der Waals surface area contributed by atoms with Crippen LogP contribution in [0.25, 0.3) is 0 Å². The fraction of sp³-hybridized carbons (Fsp3) is 0.286. The van der Waals surface area contributed by atoms with Crippen molar-refractivity contribution < 1.29 is 8.78 Å². The second-order valence-corrected chi connectivity index (χ2v) is 5.53. The van der Waals surface area contributed by atoms with Gasteiger partial charge in [0.05, 0.1) is 5.38 Å². The van der Waals surface area contributed by atoms with Crippen molar-refractivity contribution in [2.45, 2.75) is 25.6 Å². The molecule has 0 fully saturated rings. The topological polar surface area (TPSA) is 0 Å². The third-order valence-corrected chi connectivity index (χ3v) is 4.55. The minimum atomic E-state index is -0.630. The molecule has 1 heterocycles. The van der Waals surface area contributed by atoms with Crippen molar-refractivity contribution in [1.82, 2.24) is 0 Å². The Morgan fingerprint density at radius 1 is 1.28 bits per heavy atom. The number of hydrogen-bond acceptors (Lipinski definition) is 1. The number of rotatable bonds is 3. The van der Waals surface area contributed by atoms with Crippen molar-refractivity contribution in [2.75, 3.05) is 0 Å². The minimum Gasteiger partial charge on any atom is -0.207 e. The number of benzene rings is 1. The van der Waals surface area contributed by atoms with E-state index in [9.17, 15) is 8.78 Å². The number of aryl methyl sites for hydroxylation is 2. The van der Waals surface area contributed by atoms with E-state index < -0.39 is 17.0 Å². The molecular weight excluding hydrogens is 274 g/mol. The molecule has 0 radical (unpaired) electrons. The normalized spacial score (nSPS) is 12.7. The van der Waals surface area contributed by atoms with Crippen LogP contribution in [-0.4, -0.2) is 0 Å². The summed E-state index contributed by atoms with van der Waals surface area (Å²) in [7, 11) is 0. The molecule has 1 aromatic carbocycles. The van der Waals surface area contributed by atoms with Gasteiger partial charge in [0.2, 0.25) is 0 Å². The molecule has 0 saturated heterocycles. The first-order chi connectivity index (χ1) is 8.54. The fourth-order valence-corrected chi connectivity index (χ4v) is 3.31. The molecule has 2 rings (SSSR count). The summed E-state index contributed by atoms with van der Waals surface area (Å²) in [6.45, 7) is 3.55. The van der Waals surface area contributed by atoms with Crippen LogP contribution in [-0.2, 0) is 6.42 Å². The van der Waals surface area contributed by atoms with Gasteiger partial charge in [-0.25, -0.2) is 8.78 Å². The van der Waals surface area contributed by atoms with Gasteiger partial charge in [0.15, 0.2) is 0 Å². The van der Waals surface area contributed by atoms with Crippen LogP contribution < -0.4 is 0 Å². The SMILES string of the molecule is CCc1ccsc1C(Cl)c1cc(F)c(C)cc1F. The molecule has 0 aliphatic heterocycles. The number of thiophene rings is 1. The lowest BCUT2D eigenvalue weighted by Gasteiger charge is -2.12. The van der Waals surface area contributed by atoms with E-state index in [4.69, 9.17) is 11.6 Å². The molecule has 0 nitrogen and oxygen atoms in total. The first-order valence-electron chi connectivity index (χ1n) is 5.70. The molecule has 2 aromatic rings. The summed E-state index contributed by atoms with van der Waals surface area (Å²) in [6, 6.07) is 4.36. The van der Waals surface area contributed by atoms with Gasteiger partial charge in [0.25, 0.3) is 0 Å². The van der Waals surface area contributed by atoms with Crippen LogP contribution in [0.15, 0.2) is 23.6 Å². The number of alkyl halides is 1. The van der Waals surface area contributed by atoms with E-state index in [1.165, 1.54) is 30.4 Å². The molecule has 96 valence electrons. The van der Waals surface area contributed by atoms with Crippen LogP contribution in [0.4, 0.5) is 8.78 Å². The minimum absolute atomic E-state index is 0.205. The first-order valence-corrected chi connectivity index (χ1v) is 7.02. The van der Waals surface area contributed by atoms with Crippen molar-refractivity contribution in [3.63, 3.8) is 0 Å². The zero-order valence-electron chi connectivity index (χ0n) is 10.1. The van der Waals surface area contributed by atoms with Gasteiger partial charge < -0.3 is 0 Å². The summed E-state index contributed by atoms with van der Waals surface area (Å²) in [4.78, 5) is 0.890. The molecule has 0 spiro atoms. The Morgan fingerprint density at radius 3 is 2.67 bits per heavy atom. The molecule has 1 atom stereocenters. The molecule has 0 aliphatic rings. The second-order valence-electron chi connectivity index (χ2n) is 4.15. The van der Waals surface area contributed by atoms with Crippen LogP contribution in [0.5, 0.6) is 0 Å². The monoisotopic (exact) mass is 286 g/mol. The molecule has 0 saturated carbocycles. The molecule has 18 heavy (non-hydrogen) atoms. The van der Waals surface area contributed by atoms with E-state index in [-0.39, 0.29) is 5.56 Å². The largest absolute Gasteiger partial charge is 0.207 e. The van der Waals surface area contributed by atoms with Crippen molar-refractivity contribution in [3.05, 3.63) is 56.8 Å². The Morgan fingerprint density at radius 2 is 2.00 bits per heavy atom. The van der Waals surface area contributed by atoms with Crippen LogP contribution >= 0.6 is 22.9 Å². The maximum Gasteiger partial charge on any atom is 0.128 e. The van der Waals surface area contributed by atoms with Gasteiger partial charge in [-0.05, 0) is 48.1 Å². The van der Waals surface area contributed by atoms with Crippen molar-refractivity contribution in [1.29, 1.82) is 0 Å². The Balaban J connectivity index is 2.46. The Kier molecular flexibility index (Phi) is 4.03. The Labute approximate surface area is 114 Å². The van der Waals surface area contributed by atoms with E-state index in [0.717, 1.165) is 16.9 Å². The lowest BCUT2D eigenvalue weighted by Crippen LogP contribution is -2.00. The van der Waals surface area contributed by atoms with Crippen molar-refractivity contribution >= 4 is 22.9 Å². The fourth-order valence-electron chi connectivity index (χ4n) is 1.86. The summed E-state index contributed by atoms with van der Waals surface area (Å²) >= 11 is 7.76. The van der Waals surface area contributed by atoms with E-state index in [0.29, 0.717) is 5.56 Å². The standard InChI is InChI=1S/C14H13ClF2S/c1-3-9-4-5-18-14(9)13(15)10-7-11(16)8(2)6-12(10)17/h4-7,13H,3H2,1-2H3. The molecule has 0 N–H and O–H groups in total. The van der Waals surface area contributed by atoms with Crippen LogP contribution in [0.2, 0.25) is 0 Å². The second kappa shape index (κ2) is 5.37. The molecule has 0 amide bonds. The first kappa shape index (κ1) is 13.5. The van der Waals surface area contributed by atoms with E-state index in [1.807, 2.05) is 18.4 Å². The Bertz CT molecular complexity index is 563. The van der Waals surface area contributed by atoms with Gasteiger partial charge in [0.1, 0.15) is 11.6 Å². The maximum atomic E-state index is 13.9. The smallest absolute Gasteiger partial charge is 0.128 e. The van der Waals surface area contributed by atoms with Crippen LogP contribution in [0, 0.1) is 18.6 Å². The number of halogens is 3. The predicted molar refractivity (Wildman–Crippen MR) is 72.5 cm³/mol. The van der Waals surface area contributed by atoms with Gasteiger partial charge in [-0.3, -0.25) is 0 Å². The molecule has 1 aromatic heterocycles. The van der Waals surface area contributed by atoms with E-state index in [1.54, 1.807) is 0 Å². The lowest BCUT2D eigenvalue weighted by molar-refractivity contribution is 0.580. The quantitative estimate of drug-likeness (QED) is 0.678. The van der Waals surface area contributed by atoms with Gasteiger partial charge in [-0.15, -0.1) is 22.9 Å². The average Bonchev–Trinajstić information content (AvgIpc) is 2.81. The van der Waals surface area contributed by atoms with Gasteiger partial charge in [-0.2, -0.15) is 0 Å². The summed E-state index contributed by atoms with van der Waals surface area (Å²) in [6.07, 6.45) is 0.831. The number of hydrogen-bond donors (Lipinski definition) is 0. The van der Waals surface area contributed by atoms with Crippen molar-refractivity contribution in [2.24, 2.45) is 0 Å². The molecule has 0 bridgehead atoms. The highest BCUT2D eigenvalue weighted by atomic mass is 35.5. The van der Waals surface area contributed by atoms with Gasteiger partial charge in [0, 0.05) is 10.4 Å². The zero-order valence-corrected chi connectivity index (χ0v) is 11.7. The summed E-state index contributed by atoms with van der Waals surface area (Å²) < 4.78 is 27.4. The summed E-state index contributed by atoms with van der Waals surface area (Å²) in [5.74, 6) is -0.879. The van der Waals surface area contributed by atoms with E-state index >= 15 is 0 Å². The summed E-state index contributed by atoms with van der Waals surface area (Å²) in [5.41, 5.74) is 1.58. The zero-order chi connectivity index (χ0) is 13.3. The van der Waals surface area contributed by atoms with Gasteiger partial charge in [-0.1, -0.05) is 6.92 Å². The van der Waals surface area contributed by atoms with Crippen LogP contribution in [0.3, 0.4) is 0 Å². The summed E-state index contributed by atoms with van der Waals surface area (Å²) in [5, 5.41) is 1.29. The van der Waals surface area contributed by atoms with Gasteiger partial charge >= 0.3 is 0 Å². The highest BCUT2D eigenvalue weighted by Gasteiger charge is 2.20. The average molecular weight is 287 g/mol. The highest BCUT2D eigenvalue weighted by molar-refractivity contribution is 7.10. The molecule has 1 unspecified atom stereocenters. The third-order valence-electron chi connectivity index (χ3n) is 2.94. The third kappa shape index (κ3) is 2.43. The highest BCUT2D eigenvalue weighted by Crippen LogP contribution is 2.37. The van der Waals surface area contributed by atoms with Crippen LogP contribution in [0.1, 0.15) is 33.9 Å². The molecular formula is C14H13ClF2S. The predicted octanol–water partition coefficient (Wildman–Crippen LogP) is 5.23. The lowest BCUT2D eigenvalue weighted by atomic mass is 10.0. The molecule has 4 heteroatoms. The maximum absolute atomic E-state index is 13.9.